The summed E-state index contributed by atoms with van der Waals surface area (Å²) in [5.74, 6) is 0. The average molecular weight is 265 g/mol. The van der Waals surface area contributed by atoms with Crippen molar-refractivity contribution >= 4 is 24.4 Å². The van der Waals surface area contributed by atoms with Crippen LogP contribution in [0.4, 0.5) is 0 Å². The normalized spacial score (nSPS) is 0. The molecule has 0 unspecified atom stereocenters. The van der Waals surface area contributed by atoms with Crippen LogP contribution in [0.15, 0.2) is 0 Å². The Balaban J connectivity index is 0. The van der Waals surface area contributed by atoms with E-state index in [2.05, 4.69) is 0 Å². The molecular formula is SbTi3. The summed E-state index contributed by atoms with van der Waals surface area (Å²) in [4.78, 5) is 0. The predicted octanol–water partition coefficient (Wildman–Crippen LogP) is -0.388. The van der Waals surface area contributed by atoms with E-state index < -0.39 is 0 Å². The van der Waals surface area contributed by atoms with Gasteiger partial charge >= 0.3 is 0 Å². The van der Waals surface area contributed by atoms with Crippen LogP contribution >= 0.6 is 0 Å². The van der Waals surface area contributed by atoms with Gasteiger partial charge in [-0.1, -0.05) is 0 Å². The van der Waals surface area contributed by atoms with Crippen LogP contribution in [-0.4, -0.2) is 24.4 Å². The van der Waals surface area contributed by atoms with E-state index >= 15 is 0 Å². The van der Waals surface area contributed by atoms with Crippen molar-refractivity contribution in [2.45, 2.75) is 0 Å². The van der Waals surface area contributed by atoms with Crippen molar-refractivity contribution in [1.82, 2.24) is 0 Å². The van der Waals surface area contributed by atoms with Crippen molar-refractivity contribution in [1.29, 1.82) is 0 Å². The zero-order chi connectivity index (χ0) is 0. The molecule has 0 fully saturated rings. The van der Waals surface area contributed by atoms with Crippen LogP contribution in [0.1, 0.15) is 0 Å². The molecule has 0 N–H and O–H groups in total. The Morgan fingerprint density at radius 3 is 0.500 bits per heavy atom. The second-order valence-electron chi connectivity index (χ2n) is 0. The first-order chi connectivity index (χ1) is 0. The Bertz CT molecular complexity index is 3.25. The molecule has 0 heterocycles. The van der Waals surface area contributed by atoms with E-state index in [0.29, 0.717) is 0 Å². The molecule has 0 saturated heterocycles. The SMILES string of the molecule is [Sb].[Ti].[Ti].[Ti]. The van der Waals surface area contributed by atoms with Gasteiger partial charge in [-0.2, -0.15) is 0 Å². The summed E-state index contributed by atoms with van der Waals surface area (Å²) in [6.07, 6.45) is 0. The zero-order valence-electron chi connectivity index (χ0n) is 1.95. The summed E-state index contributed by atoms with van der Waals surface area (Å²) in [6, 6.07) is 0. The van der Waals surface area contributed by atoms with Gasteiger partial charge in [-0.3, -0.25) is 0 Å². The Kier molecular flexibility index (Phi) is 118. The van der Waals surface area contributed by atoms with Crippen molar-refractivity contribution in [3.63, 3.8) is 0 Å². The third-order valence-electron chi connectivity index (χ3n) is 0. The molecule has 0 rings (SSSR count). The van der Waals surface area contributed by atoms with Crippen molar-refractivity contribution in [3.05, 3.63) is 0 Å². The van der Waals surface area contributed by atoms with E-state index in [-0.39, 0.29) is 89.6 Å². The fourth-order valence-electron chi connectivity index (χ4n) is 0. The summed E-state index contributed by atoms with van der Waals surface area (Å²) in [5, 5.41) is 0. The van der Waals surface area contributed by atoms with Gasteiger partial charge in [-0.15, -0.1) is 0 Å². The molecule has 0 aromatic heterocycles. The molecule has 3 radical (unpaired) electrons. The molecule has 0 atom stereocenters. The molecule has 0 aliphatic heterocycles. The van der Waals surface area contributed by atoms with Crippen molar-refractivity contribution in [3.8, 4) is 0 Å². The van der Waals surface area contributed by atoms with Gasteiger partial charge in [0, 0.05) is 89.6 Å². The molecule has 0 nitrogen and oxygen atoms in total. The third-order valence-corrected chi connectivity index (χ3v) is 0. The van der Waals surface area contributed by atoms with E-state index in [4.69, 9.17) is 0 Å². The van der Waals surface area contributed by atoms with Crippen molar-refractivity contribution < 1.29 is 65.2 Å². The van der Waals surface area contributed by atoms with Gasteiger partial charge in [0.2, 0.25) is 0 Å². The van der Waals surface area contributed by atoms with Crippen molar-refractivity contribution in [2.75, 3.05) is 0 Å². The molecule has 0 bridgehead atoms. The molecule has 0 aromatic carbocycles. The largest absolute Gasteiger partial charge is 0 e. The first-order valence-electron chi connectivity index (χ1n) is 0. The fraction of sp³-hybridized carbons (Fsp3) is 0. The Morgan fingerprint density at radius 2 is 0.500 bits per heavy atom. The molecule has 0 aromatic rings. The van der Waals surface area contributed by atoms with Gasteiger partial charge in [-0.05, 0) is 0 Å². The van der Waals surface area contributed by atoms with Gasteiger partial charge in [0.15, 0.2) is 0 Å². The smallest absolute Gasteiger partial charge is 0 e. The van der Waals surface area contributed by atoms with E-state index in [9.17, 15) is 0 Å². The molecule has 0 amide bonds. The molecule has 0 spiro atoms. The second-order valence-corrected chi connectivity index (χ2v) is 0. The summed E-state index contributed by atoms with van der Waals surface area (Å²) in [6.45, 7) is 0. The standard InChI is InChI=1S/Sb.3Ti. The van der Waals surface area contributed by atoms with Crippen LogP contribution in [0.25, 0.3) is 0 Å². The summed E-state index contributed by atoms with van der Waals surface area (Å²) < 4.78 is 0. The minimum Gasteiger partial charge on any atom is 0 e. The number of hydrogen-bond acceptors (Lipinski definition) is 0. The molecular weight excluding hydrogens is 265 g/mol. The van der Waals surface area contributed by atoms with Crippen LogP contribution in [0.3, 0.4) is 0 Å². The summed E-state index contributed by atoms with van der Waals surface area (Å²) >= 11 is 0. The second kappa shape index (κ2) is 16.7. The quantitative estimate of drug-likeness (QED) is 0.524. The van der Waals surface area contributed by atoms with Crippen LogP contribution in [-0.2, 0) is 65.2 Å². The van der Waals surface area contributed by atoms with Gasteiger partial charge in [0.1, 0.15) is 0 Å². The molecule has 17 valence electrons. The first-order valence-corrected chi connectivity index (χ1v) is 0. The Morgan fingerprint density at radius 1 is 0.500 bits per heavy atom. The minimum absolute atomic E-state index is 0. The van der Waals surface area contributed by atoms with Gasteiger partial charge in [-0.25, -0.2) is 0 Å². The number of rotatable bonds is 0. The van der Waals surface area contributed by atoms with Crippen LogP contribution in [0.5, 0.6) is 0 Å². The van der Waals surface area contributed by atoms with Crippen molar-refractivity contribution in [2.24, 2.45) is 0 Å². The maximum atomic E-state index is 0. The Hall–Kier alpha value is 2.96. The third kappa shape index (κ3) is 8.88. The topological polar surface area (TPSA) is 0 Å². The maximum absolute atomic E-state index is 0. The average Bonchev–Trinajstić information content (AvgIpc) is 0. The fourth-order valence-corrected chi connectivity index (χ4v) is 0. The number of hydrogen-bond donors (Lipinski definition) is 0. The summed E-state index contributed by atoms with van der Waals surface area (Å²) in [7, 11) is 0. The molecule has 4 heavy (non-hydrogen) atoms. The molecule has 0 aliphatic carbocycles. The van der Waals surface area contributed by atoms with E-state index in [1.165, 1.54) is 0 Å². The maximum Gasteiger partial charge on any atom is 0 e. The summed E-state index contributed by atoms with van der Waals surface area (Å²) in [5.41, 5.74) is 0. The zero-order valence-corrected chi connectivity index (χ0v) is 9.18. The van der Waals surface area contributed by atoms with E-state index in [0.717, 1.165) is 0 Å². The first kappa shape index (κ1) is 28.2. The predicted molar refractivity (Wildman–Crippen MR) is 5.75 cm³/mol. The van der Waals surface area contributed by atoms with Gasteiger partial charge in [0.25, 0.3) is 0 Å². The Labute approximate surface area is 88.0 Å². The minimum atomic E-state index is 0. The van der Waals surface area contributed by atoms with Crippen LogP contribution in [0.2, 0.25) is 0 Å². The molecule has 0 saturated carbocycles. The van der Waals surface area contributed by atoms with E-state index in [1.54, 1.807) is 0 Å². The van der Waals surface area contributed by atoms with Crippen LogP contribution in [0, 0.1) is 0 Å². The van der Waals surface area contributed by atoms with Crippen LogP contribution < -0.4 is 0 Å². The van der Waals surface area contributed by atoms with Gasteiger partial charge in [0.05, 0.1) is 0 Å². The monoisotopic (exact) mass is 265 g/mol. The molecule has 4 heteroatoms. The van der Waals surface area contributed by atoms with E-state index in [1.807, 2.05) is 0 Å². The van der Waals surface area contributed by atoms with Gasteiger partial charge < -0.3 is 0 Å². The molecule has 0 aliphatic rings.